The van der Waals surface area contributed by atoms with Crippen LogP contribution >= 0.6 is 15.9 Å². The summed E-state index contributed by atoms with van der Waals surface area (Å²) in [6.45, 7) is 5.87. The van der Waals surface area contributed by atoms with E-state index in [1.807, 2.05) is 45.0 Å². The second-order valence-electron chi connectivity index (χ2n) is 5.14. The number of hydrogen-bond acceptors (Lipinski definition) is 3. The molecule has 4 nitrogen and oxygen atoms in total. The van der Waals surface area contributed by atoms with Gasteiger partial charge in [0.15, 0.2) is 0 Å². The molecule has 0 atom stereocenters. The Bertz CT molecular complexity index is 638. The lowest BCUT2D eigenvalue weighted by Gasteiger charge is -2.11. The van der Waals surface area contributed by atoms with Crippen LogP contribution in [0.3, 0.4) is 0 Å². The third kappa shape index (κ3) is 4.29. The van der Waals surface area contributed by atoms with Gasteiger partial charge in [-0.15, -0.1) is 0 Å². The molecule has 0 radical (unpaired) electrons. The number of aryl methyl sites for hydroxylation is 1. The number of rotatable bonds is 4. The van der Waals surface area contributed by atoms with Crippen LogP contribution in [0.1, 0.15) is 29.9 Å². The molecular formula is C16H18BrN3O. The number of hydrogen-bond donors (Lipinski definition) is 2. The number of nitrogens with zero attached hydrogens (tertiary/aromatic N) is 1. The number of amides is 1. The average molecular weight is 348 g/mol. The summed E-state index contributed by atoms with van der Waals surface area (Å²) in [6, 6.07) is 9.69. The molecule has 0 fully saturated rings. The maximum atomic E-state index is 11.8. The summed E-state index contributed by atoms with van der Waals surface area (Å²) < 4.78 is 1.05. The Morgan fingerprint density at radius 1 is 1.24 bits per heavy atom. The van der Waals surface area contributed by atoms with Gasteiger partial charge in [0, 0.05) is 16.2 Å². The van der Waals surface area contributed by atoms with Crippen LogP contribution in [0.2, 0.25) is 0 Å². The third-order valence-corrected chi connectivity index (χ3v) is 3.38. The summed E-state index contributed by atoms with van der Waals surface area (Å²) in [4.78, 5) is 16.0. The highest BCUT2D eigenvalue weighted by Gasteiger charge is 2.08. The predicted molar refractivity (Wildman–Crippen MR) is 89.0 cm³/mol. The molecule has 1 heterocycles. The fraction of sp³-hybridized carbons (Fsp3) is 0.250. The van der Waals surface area contributed by atoms with Crippen LogP contribution in [0.4, 0.5) is 11.4 Å². The summed E-state index contributed by atoms with van der Waals surface area (Å²) >= 11 is 3.44. The van der Waals surface area contributed by atoms with Crippen LogP contribution in [-0.2, 0) is 0 Å². The highest BCUT2D eigenvalue weighted by Crippen LogP contribution is 2.23. The minimum atomic E-state index is -0.156. The van der Waals surface area contributed by atoms with Crippen molar-refractivity contribution in [1.82, 2.24) is 10.3 Å². The molecule has 110 valence electrons. The minimum Gasteiger partial charge on any atom is -0.354 e. The topological polar surface area (TPSA) is 54.0 Å². The van der Waals surface area contributed by atoms with E-state index in [1.54, 1.807) is 12.3 Å². The molecule has 5 heteroatoms. The Labute approximate surface area is 133 Å². The number of benzene rings is 1. The molecule has 0 bridgehead atoms. The summed E-state index contributed by atoms with van der Waals surface area (Å²) in [5.41, 5.74) is 3.41. The van der Waals surface area contributed by atoms with E-state index in [4.69, 9.17) is 0 Å². The first kappa shape index (κ1) is 15.5. The maximum absolute atomic E-state index is 11.8. The lowest BCUT2D eigenvalue weighted by atomic mass is 10.2. The SMILES string of the molecule is Cc1cc(Br)ccc1Nc1ccc(C(=O)NC(C)C)nc1. The van der Waals surface area contributed by atoms with E-state index in [9.17, 15) is 4.79 Å². The van der Waals surface area contributed by atoms with Gasteiger partial charge in [-0.1, -0.05) is 15.9 Å². The Morgan fingerprint density at radius 2 is 2.00 bits per heavy atom. The fourth-order valence-corrected chi connectivity index (χ4v) is 2.34. The van der Waals surface area contributed by atoms with Crippen molar-refractivity contribution in [2.75, 3.05) is 5.32 Å². The molecule has 0 aliphatic carbocycles. The Kier molecular flexibility index (Phi) is 4.96. The molecule has 0 saturated heterocycles. The van der Waals surface area contributed by atoms with Gasteiger partial charge in [0.05, 0.1) is 11.9 Å². The number of nitrogens with one attached hydrogen (secondary N) is 2. The van der Waals surface area contributed by atoms with Crippen molar-refractivity contribution >= 4 is 33.2 Å². The van der Waals surface area contributed by atoms with Crippen molar-refractivity contribution in [1.29, 1.82) is 0 Å². The summed E-state index contributed by atoms with van der Waals surface area (Å²) in [5, 5.41) is 6.11. The number of pyridine rings is 1. The molecule has 21 heavy (non-hydrogen) atoms. The highest BCUT2D eigenvalue weighted by molar-refractivity contribution is 9.10. The van der Waals surface area contributed by atoms with Gasteiger partial charge >= 0.3 is 0 Å². The first-order chi connectivity index (χ1) is 9.95. The Hall–Kier alpha value is -1.88. The third-order valence-electron chi connectivity index (χ3n) is 2.88. The lowest BCUT2D eigenvalue weighted by molar-refractivity contribution is 0.0938. The van der Waals surface area contributed by atoms with Crippen molar-refractivity contribution in [3.63, 3.8) is 0 Å². The highest BCUT2D eigenvalue weighted by atomic mass is 79.9. The van der Waals surface area contributed by atoms with Gasteiger partial charge < -0.3 is 10.6 Å². The van der Waals surface area contributed by atoms with Crippen molar-refractivity contribution in [3.05, 3.63) is 52.3 Å². The normalized spacial score (nSPS) is 10.5. The Morgan fingerprint density at radius 3 is 2.57 bits per heavy atom. The van der Waals surface area contributed by atoms with Crippen molar-refractivity contribution < 1.29 is 4.79 Å². The van der Waals surface area contributed by atoms with Crippen molar-refractivity contribution in [3.8, 4) is 0 Å². The molecule has 0 unspecified atom stereocenters. The van der Waals surface area contributed by atoms with Gasteiger partial charge in [0.25, 0.3) is 5.91 Å². The number of halogens is 1. The van der Waals surface area contributed by atoms with Gasteiger partial charge in [-0.25, -0.2) is 4.98 Å². The van der Waals surface area contributed by atoms with Gasteiger partial charge in [0.1, 0.15) is 5.69 Å². The number of carbonyl (C=O) groups is 1. The van der Waals surface area contributed by atoms with E-state index in [-0.39, 0.29) is 11.9 Å². The van der Waals surface area contributed by atoms with E-state index in [2.05, 4.69) is 31.5 Å². The zero-order valence-electron chi connectivity index (χ0n) is 12.3. The molecule has 0 aliphatic rings. The summed E-state index contributed by atoms with van der Waals surface area (Å²) in [6.07, 6.45) is 1.66. The van der Waals surface area contributed by atoms with Crippen LogP contribution in [-0.4, -0.2) is 16.9 Å². The predicted octanol–water partition coefficient (Wildman–Crippen LogP) is 4.03. The molecule has 1 amide bonds. The number of aromatic nitrogens is 1. The molecule has 1 aromatic heterocycles. The van der Waals surface area contributed by atoms with E-state index in [0.29, 0.717) is 5.69 Å². The molecule has 0 aliphatic heterocycles. The first-order valence-corrected chi connectivity index (χ1v) is 7.55. The molecule has 0 spiro atoms. The van der Waals surface area contributed by atoms with E-state index in [0.717, 1.165) is 21.4 Å². The summed E-state index contributed by atoms with van der Waals surface area (Å²) in [7, 11) is 0. The van der Waals surface area contributed by atoms with Crippen LogP contribution in [0.5, 0.6) is 0 Å². The van der Waals surface area contributed by atoms with E-state index >= 15 is 0 Å². The average Bonchev–Trinajstić information content (AvgIpc) is 2.42. The summed E-state index contributed by atoms with van der Waals surface area (Å²) in [5.74, 6) is -0.156. The van der Waals surface area contributed by atoms with Crippen LogP contribution in [0, 0.1) is 6.92 Å². The fourth-order valence-electron chi connectivity index (χ4n) is 1.86. The van der Waals surface area contributed by atoms with Crippen LogP contribution in [0.25, 0.3) is 0 Å². The van der Waals surface area contributed by atoms with Gasteiger partial charge in [-0.2, -0.15) is 0 Å². The van der Waals surface area contributed by atoms with Gasteiger partial charge in [0.2, 0.25) is 0 Å². The quantitative estimate of drug-likeness (QED) is 0.877. The molecule has 2 N–H and O–H groups in total. The van der Waals surface area contributed by atoms with E-state index in [1.165, 1.54) is 0 Å². The first-order valence-electron chi connectivity index (χ1n) is 6.76. The van der Waals surface area contributed by atoms with Crippen molar-refractivity contribution in [2.45, 2.75) is 26.8 Å². The molecule has 0 saturated carbocycles. The minimum absolute atomic E-state index is 0.0996. The monoisotopic (exact) mass is 347 g/mol. The van der Waals surface area contributed by atoms with Crippen molar-refractivity contribution in [2.24, 2.45) is 0 Å². The smallest absolute Gasteiger partial charge is 0.270 e. The second kappa shape index (κ2) is 6.72. The zero-order chi connectivity index (χ0) is 15.4. The largest absolute Gasteiger partial charge is 0.354 e. The lowest BCUT2D eigenvalue weighted by Crippen LogP contribution is -2.30. The molecule has 2 rings (SSSR count). The van der Waals surface area contributed by atoms with Crippen LogP contribution in [0.15, 0.2) is 41.0 Å². The maximum Gasteiger partial charge on any atom is 0.270 e. The van der Waals surface area contributed by atoms with E-state index < -0.39 is 0 Å². The molecular weight excluding hydrogens is 330 g/mol. The molecule has 1 aromatic carbocycles. The van der Waals surface area contributed by atoms with Gasteiger partial charge in [-0.3, -0.25) is 4.79 Å². The number of anilines is 2. The molecule has 2 aromatic rings. The number of carbonyl (C=O) groups excluding carboxylic acids is 1. The van der Waals surface area contributed by atoms with Crippen LogP contribution < -0.4 is 10.6 Å². The second-order valence-corrected chi connectivity index (χ2v) is 6.06. The standard InChI is InChI=1S/C16H18BrN3O/c1-10(2)19-16(21)15-7-5-13(9-18-15)20-14-6-4-12(17)8-11(14)3/h4-10,20H,1-3H3,(H,19,21). The van der Waals surface area contributed by atoms with Gasteiger partial charge in [-0.05, 0) is 56.7 Å². The zero-order valence-corrected chi connectivity index (χ0v) is 13.9. The Balaban J connectivity index is 2.10.